The molecule has 2 aliphatic carbocycles. The quantitative estimate of drug-likeness (QED) is 0.438. The molecule has 8 heteroatoms. The molecule has 2 aromatic carbocycles. The summed E-state index contributed by atoms with van der Waals surface area (Å²) in [6.07, 6.45) is 0.849. The number of carbonyl (C=O) groups excluding carboxylic acids is 2. The zero-order valence-electron chi connectivity index (χ0n) is 20.7. The third-order valence-corrected chi connectivity index (χ3v) is 11.5. The van der Waals surface area contributed by atoms with Crippen molar-refractivity contribution < 1.29 is 14.0 Å². The highest BCUT2D eigenvalue weighted by molar-refractivity contribution is 8.00. The van der Waals surface area contributed by atoms with Crippen LogP contribution in [0.15, 0.2) is 58.4 Å². The Balaban J connectivity index is 1.30. The molecule has 3 fully saturated rings. The number of carbonyl (C=O) groups is 2. The number of amides is 2. The van der Waals surface area contributed by atoms with E-state index in [9.17, 15) is 18.8 Å². The van der Waals surface area contributed by atoms with E-state index in [1.807, 2.05) is 0 Å². The largest absolute Gasteiger partial charge is 0.307 e. The fraction of sp³-hybridized carbons (Fsp3) is 0.414. The van der Waals surface area contributed by atoms with Crippen molar-refractivity contribution in [2.24, 2.45) is 29.6 Å². The highest BCUT2D eigenvalue weighted by Crippen LogP contribution is 2.68. The summed E-state index contributed by atoms with van der Waals surface area (Å²) in [5, 5.41) is 1.07. The Hall–Kier alpha value is -2.71. The van der Waals surface area contributed by atoms with E-state index >= 15 is 0 Å². The summed E-state index contributed by atoms with van der Waals surface area (Å²) in [6, 6.07) is 14.3. The van der Waals surface area contributed by atoms with Crippen molar-refractivity contribution in [2.75, 3.05) is 4.90 Å². The summed E-state index contributed by atoms with van der Waals surface area (Å²) in [4.78, 5) is 45.2. The van der Waals surface area contributed by atoms with E-state index in [1.165, 1.54) is 46.1 Å². The van der Waals surface area contributed by atoms with Crippen LogP contribution in [0.4, 0.5) is 10.1 Å². The lowest BCUT2D eigenvalue weighted by atomic mass is 9.68. The van der Waals surface area contributed by atoms with Crippen LogP contribution in [0.3, 0.4) is 0 Å². The van der Waals surface area contributed by atoms with Crippen LogP contribution in [-0.2, 0) is 15.0 Å². The van der Waals surface area contributed by atoms with Gasteiger partial charge in [0, 0.05) is 16.0 Å². The Kier molecular flexibility index (Phi) is 5.00. The number of nitrogens with one attached hydrogen (secondary N) is 1. The van der Waals surface area contributed by atoms with Crippen LogP contribution in [-0.4, -0.2) is 22.0 Å². The molecular formula is C29H27FN2O3S2. The molecular weight excluding hydrogens is 507 g/mol. The second-order valence-electron chi connectivity index (χ2n) is 11.8. The number of imide groups is 1. The number of aromatic nitrogens is 1. The average Bonchev–Trinajstić information content (AvgIpc) is 3.58. The number of hydrogen-bond donors (Lipinski definition) is 1. The van der Waals surface area contributed by atoms with Crippen molar-refractivity contribution in [1.29, 1.82) is 0 Å². The second-order valence-corrected chi connectivity index (χ2v) is 14.0. The number of thiazole rings is 1. The van der Waals surface area contributed by atoms with Crippen LogP contribution < -0.4 is 9.77 Å². The standard InChI is InChI=1S/C29H27FN2O3S2/c1-29(2,3)14-6-4-13(5-7-14)19-20-17-12-18(23(20)36-25-24(19)37-28(35)31-25)22-21(17)26(33)32(27(22)34)16-10-8-15(30)9-11-16/h4-11,17-23H,12H2,1-3H3,(H,31,35)/t17-,18+,19+,20-,21+,22+,23-/m1/s1. The van der Waals surface area contributed by atoms with Gasteiger partial charge in [-0.25, -0.2) is 4.39 Å². The highest BCUT2D eigenvalue weighted by Gasteiger charge is 2.69. The van der Waals surface area contributed by atoms with Crippen molar-refractivity contribution >= 4 is 40.6 Å². The van der Waals surface area contributed by atoms with Gasteiger partial charge in [-0.15, -0.1) is 11.8 Å². The van der Waals surface area contributed by atoms with Gasteiger partial charge in [0.2, 0.25) is 11.8 Å². The van der Waals surface area contributed by atoms with E-state index in [-0.39, 0.29) is 62.9 Å². The molecule has 3 heterocycles. The molecule has 5 nitrogen and oxygen atoms in total. The number of thioether (sulfide) groups is 1. The molecule has 1 saturated heterocycles. The topological polar surface area (TPSA) is 70.2 Å². The molecule has 7 atom stereocenters. The van der Waals surface area contributed by atoms with Gasteiger partial charge in [0.15, 0.2) is 0 Å². The lowest BCUT2D eigenvalue weighted by Gasteiger charge is -2.43. The van der Waals surface area contributed by atoms with Crippen molar-refractivity contribution in [3.05, 3.63) is 80.0 Å². The number of rotatable bonds is 2. The highest BCUT2D eigenvalue weighted by atomic mass is 32.2. The van der Waals surface area contributed by atoms with E-state index in [2.05, 4.69) is 50.0 Å². The van der Waals surface area contributed by atoms with Gasteiger partial charge in [0.1, 0.15) is 5.82 Å². The number of aromatic amines is 1. The fourth-order valence-corrected chi connectivity index (χ4v) is 10.3. The lowest BCUT2D eigenvalue weighted by Crippen LogP contribution is -2.42. The van der Waals surface area contributed by atoms with Crippen molar-refractivity contribution in [3.63, 3.8) is 0 Å². The number of H-pyrrole nitrogens is 1. The molecule has 7 rings (SSSR count). The number of benzene rings is 2. The Labute approximate surface area is 222 Å². The van der Waals surface area contributed by atoms with Gasteiger partial charge >= 0.3 is 4.87 Å². The van der Waals surface area contributed by atoms with Crippen LogP contribution in [0, 0.1) is 35.4 Å². The SMILES string of the molecule is CC(C)(C)c1ccc([C@@H]2c3sc(=O)[nH]c3S[C@@H]3[C@H]4C[C@@H]([C@@H]5C(=O)N(c6ccc(F)cc6)C(=O)[C@@H]45)[C@H]23)cc1. The summed E-state index contributed by atoms with van der Waals surface area (Å²) in [5.74, 6) is -1.13. The zero-order valence-corrected chi connectivity index (χ0v) is 22.4. The zero-order chi connectivity index (χ0) is 25.8. The van der Waals surface area contributed by atoms with E-state index < -0.39 is 5.82 Å². The molecule has 37 heavy (non-hydrogen) atoms. The van der Waals surface area contributed by atoms with Gasteiger partial charge in [-0.2, -0.15) is 0 Å². The van der Waals surface area contributed by atoms with Crippen LogP contribution in [0.1, 0.15) is 49.1 Å². The molecule has 3 aromatic rings. The third kappa shape index (κ3) is 3.31. The molecule has 1 N–H and O–H groups in total. The molecule has 0 radical (unpaired) electrons. The van der Waals surface area contributed by atoms with E-state index in [0.717, 1.165) is 21.9 Å². The minimum atomic E-state index is -0.397. The third-order valence-electron chi connectivity index (χ3n) is 8.94. The molecule has 2 amide bonds. The minimum absolute atomic E-state index is 0.0120. The van der Waals surface area contributed by atoms with Gasteiger partial charge in [0.05, 0.1) is 22.5 Å². The van der Waals surface area contributed by atoms with Gasteiger partial charge in [-0.3, -0.25) is 19.3 Å². The smallest absolute Gasteiger partial charge is 0.305 e. The van der Waals surface area contributed by atoms with Crippen LogP contribution in [0.2, 0.25) is 0 Å². The maximum atomic E-state index is 13.7. The van der Waals surface area contributed by atoms with Crippen LogP contribution in [0.5, 0.6) is 0 Å². The summed E-state index contributed by atoms with van der Waals surface area (Å²) in [7, 11) is 0. The Bertz CT molecular complexity index is 1490. The second kappa shape index (κ2) is 7.90. The first-order valence-corrected chi connectivity index (χ1v) is 14.5. The predicted molar refractivity (Wildman–Crippen MR) is 143 cm³/mol. The Morgan fingerprint density at radius 3 is 2.22 bits per heavy atom. The Morgan fingerprint density at radius 2 is 1.57 bits per heavy atom. The van der Waals surface area contributed by atoms with Crippen LogP contribution in [0.25, 0.3) is 0 Å². The normalized spacial score (nSPS) is 32.0. The van der Waals surface area contributed by atoms with E-state index in [4.69, 9.17) is 0 Å². The van der Waals surface area contributed by atoms with Crippen molar-refractivity contribution in [1.82, 2.24) is 4.98 Å². The van der Waals surface area contributed by atoms with Crippen molar-refractivity contribution in [3.8, 4) is 0 Å². The maximum Gasteiger partial charge on any atom is 0.305 e. The predicted octanol–water partition coefficient (Wildman–Crippen LogP) is 5.55. The number of hydrogen-bond acceptors (Lipinski definition) is 5. The molecule has 2 bridgehead atoms. The van der Waals surface area contributed by atoms with Gasteiger partial charge in [-0.05, 0) is 65.0 Å². The van der Waals surface area contributed by atoms with Crippen LogP contribution >= 0.6 is 23.1 Å². The average molecular weight is 535 g/mol. The first-order valence-electron chi connectivity index (χ1n) is 12.8. The molecule has 2 aliphatic heterocycles. The van der Waals surface area contributed by atoms with E-state index in [1.54, 1.807) is 11.8 Å². The maximum absolute atomic E-state index is 13.7. The number of anilines is 1. The molecule has 1 aromatic heterocycles. The monoisotopic (exact) mass is 534 g/mol. The number of halogens is 1. The molecule has 2 saturated carbocycles. The first kappa shape index (κ1) is 23.4. The van der Waals surface area contributed by atoms with Crippen molar-refractivity contribution in [2.45, 2.75) is 48.8 Å². The lowest BCUT2D eigenvalue weighted by molar-refractivity contribution is -0.123. The summed E-state index contributed by atoms with van der Waals surface area (Å²) < 4.78 is 13.5. The molecule has 0 unspecified atom stereocenters. The van der Waals surface area contributed by atoms with Gasteiger partial charge < -0.3 is 4.98 Å². The Morgan fingerprint density at radius 1 is 0.919 bits per heavy atom. The summed E-state index contributed by atoms with van der Waals surface area (Å²) >= 11 is 2.97. The van der Waals surface area contributed by atoms with Gasteiger partial charge in [-0.1, -0.05) is 56.4 Å². The molecule has 4 aliphatic rings. The van der Waals surface area contributed by atoms with E-state index in [0.29, 0.717) is 5.69 Å². The number of nitrogens with zero attached hydrogens (tertiary/aromatic N) is 1. The first-order chi connectivity index (χ1) is 17.6. The number of fused-ring (bicyclic) bond motifs is 9. The minimum Gasteiger partial charge on any atom is -0.307 e. The van der Waals surface area contributed by atoms with Gasteiger partial charge in [0.25, 0.3) is 0 Å². The molecule has 190 valence electrons. The molecule has 0 spiro atoms. The summed E-state index contributed by atoms with van der Waals surface area (Å²) in [6.45, 7) is 6.57. The summed E-state index contributed by atoms with van der Waals surface area (Å²) in [5.41, 5.74) is 2.89. The fourth-order valence-electron chi connectivity index (χ4n) is 7.43.